The highest BCUT2D eigenvalue weighted by atomic mass is 32.2. The zero-order chi connectivity index (χ0) is 13.1. The van der Waals surface area contributed by atoms with Crippen LogP contribution in [0.25, 0.3) is 0 Å². The van der Waals surface area contributed by atoms with Gasteiger partial charge in [0.15, 0.2) is 5.12 Å². The fourth-order valence-corrected chi connectivity index (χ4v) is 2.14. The van der Waals surface area contributed by atoms with E-state index >= 15 is 0 Å². The molecule has 0 aromatic rings. The lowest BCUT2D eigenvalue weighted by molar-refractivity contribution is -0.118. The van der Waals surface area contributed by atoms with Gasteiger partial charge in [0.25, 0.3) is 0 Å². The summed E-state index contributed by atoms with van der Waals surface area (Å²) in [6, 6.07) is 0. The van der Waals surface area contributed by atoms with Crippen LogP contribution in [0.2, 0.25) is 0 Å². The summed E-state index contributed by atoms with van der Waals surface area (Å²) < 4.78 is 0. The zero-order valence-electron chi connectivity index (χ0n) is 10.7. The van der Waals surface area contributed by atoms with E-state index in [9.17, 15) is 14.7 Å². The normalized spacial score (nSPS) is 12.2. The highest BCUT2D eigenvalue weighted by Gasteiger charge is 2.06. The third kappa shape index (κ3) is 11.7. The van der Waals surface area contributed by atoms with E-state index in [2.05, 4.69) is 5.32 Å². The van der Waals surface area contributed by atoms with E-state index in [1.807, 2.05) is 6.92 Å². The van der Waals surface area contributed by atoms with Crippen molar-refractivity contribution in [3.8, 4) is 0 Å². The summed E-state index contributed by atoms with van der Waals surface area (Å²) in [7, 11) is 0. The third-order valence-corrected chi connectivity index (χ3v) is 3.21. The molecule has 4 nitrogen and oxygen atoms in total. The summed E-state index contributed by atoms with van der Waals surface area (Å²) >= 11 is 1.25. The van der Waals surface area contributed by atoms with Gasteiger partial charge >= 0.3 is 0 Å². The molecule has 0 heterocycles. The van der Waals surface area contributed by atoms with E-state index in [0.717, 1.165) is 19.3 Å². The first-order chi connectivity index (χ1) is 8.06. The van der Waals surface area contributed by atoms with E-state index in [1.165, 1.54) is 18.7 Å². The number of thioether (sulfide) groups is 1. The Morgan fingerprint density at radius 3 is 2.65 bits per heavy atom. The Morgan fingerprint density at radius 2 is 2.06 bits per heavy atom. The molecule has 0 bridgehead atoms. The number of carbonyl (C=O) groups is 2. The first-order valence-corrected chi connectivity index (χ1v) is 7.13. The predicted octanol–water partition coefficient (Wildman–Crippen LogP) is 1.71. The molecule has 0 saturated carbocycles. The van der Waals surface area contributed by atoms with Crippen LogP contribution in [0.4, 0.5) is 0 Å². The first kappa shape index (κ1) is 16.4. The minimum Gasteiger partial charge on any atom is -0.393 e. The maximum absolute atomic E-state index is 11.4. The number of hydrogen-bond acceptors (Lipinski definition) is 4. The minimum atomic E-state index is -0.267. The number of aliphatic hydroxyl groups is 1. The third-order valence-electron chi connectivity index (χ3n) is 2.28. The fraction of sp³-hybridized carbons (Fsp3) is 0.833. The predicted molar refractivity (Wildman–Crippen MR) is 70.9 cm³/mol. The molecule has 1 amide bonds. The quantitative estimate of drug-likeness (QED) is 0.620. The molecule has 17 heavy (non-hydrogen) atoms. The number of aliphatic hydroxyl groups excluding tert-OH is 1. The summed E-state index contributed by atoms with van der Waals surface area (Å²) in [4.78, 5) is 22.0. The maximum Gasteiger partial charge on any atom is 0.216 e. The van der Waals surface area contributed by atoms with Gasteiger partial charge < -0.3 is 10.4 Å². The average Bonchev–Trinajstić information content (AvgIpc) is 2.24. The molecule has 0 unspecified atom stereocenters. The average molecular weight is 261 g/mol. The van der Waals surface area contributed by atoms with Gasteiger partial charge in [-0.15, -0.1) is 0 Å². The second-order valence-electron chi connectivity index (χ2n) is 4.04. The molecule has 1 atom stereocenters. The lowest BCUT2D eigenvalue weighted by atomic mass is 10.1. The molecule has 0 rings (SSSR count). The van der Waals surface area contributed by atoms with Gasteiger partial charge in [-0.25, -0.2) is 0 Å². The minimum absolute atomic E-state index is 0.0688. The first-order valence-electron chi connectivity index (χ1n) is 6.14. The Kier molecular flexibility index (Phi) is 10.3. The molecule has 5 heteroatoms. The van der Waals surface area contributed by atoms with Crippen molar-refractivity contribution >= 4 is 22.8 Å². The van der Waals surface area contributed by atoms with Gasteiger partial charge in [-0.1, -0.05) is 25.1 Å². The lowest BCUT2D eigenvalue weighted by Gasteiger charge is -2.07. The summed E-state index contributed by atoms with van der Waals surface area (Å²) in [5.41, 5.74) is 0. The Labute approximate surface area is 108 Å². The number of carbonyl (C=O) groups excluding carboxylic acids is 2. The van der Waals surface area contributed by atoms with Crippen LogP contribution in [-0.2, 0) is 9.59 Å². The van der Waals surface area contributed by atoms with Crippen molar-refractivity contribution in [3.63, 3.8) is 0 Å². The van der Waals surface area contributed by atoms with Gasteiger partial charge in [-0.05, 0) is 19.3 Å². The molecule has 0 fully saturated rings. The van der Waals surface area contributed by atoms with E-state index in [4.69, 9.17) is 0 Å². The van der Waals surface area contributed by atoms with Crippen molar-refractivity contribution in [2.75, 3.05) is 12.3 Å². The Hall–Kier alpha value is -0.550. The van der Waals surface area contributed by atoms with Crippen LogP contribution in [0.5, 0.6) is 0 Å². The highest BCUT2D eigenvalue weighted by Crippen LogP contribution is 2.11. The van der Waals surface area contributed by atoms with E-state index in [0.29, 0.717) is 25.1 Å². The van der Waals surface area contributed by atoms with Gasteiger partial charge in [0.05, 0.1) is 6.10 Å². The van der Waals surface area contributed by atoms with E-state index in [1.54, 1.807) is 0 Å². The van der Waals surface area contributed by atoms with Crippen molar-refractivity contribution in [2.24, 2.45) is 0 Å². The molecule has 0 aromatic carbocycles. The second kappa shape index (κ2) is 10.6. The Balaban J connectivity index is 3.37. The molecule has 2 N–H and O–H groups in total. The van der Waals surface area contributed by atoms with Crippen LogP contribution in [0.1, 0.15) is 46.0 Å². The standard InChI is InChI=1S/C12H23NO3S/c1-3-5-11(15)6-4-7-12(16)17-9-8-13-10(2)14/h11,15H,3-9H2,1-2H3,(H,13,14)/t11-/m0/s1. The number of hydrogen-bond donors (Lipinski definition) is 2. The summed E-state index contributed by atoms with van der Waals surface area (Å²) in [5.74, 6) is 0.552. The Morgan fingerprint density at radius 1 is 1.35 bits per heavy atom. The largest absolute Gasteiger partial charge is 0.393 e. The van der Waals surface area contributed by atoms with Crippen molar-refractivity contribution in [1.29, 1.82) is 0 Å². The molecular weight excluding hydrogens is 238 g/mol. The summed E-state index contributed by atoms with van der Waals surface area (Å²) in [6.07, 6.45) is 3.46. The maximum atomic E-state index is 11.4. The SMILES string of the molecule is CCC[C@H](O)CCCC(=O)SCCNC(C)=O. The van der Waals surface area contributed by atoms with Crippen LogP contribution in [-0.4, -0.2) is 34.5 Å². The van der Waals surface area contributed by atoms with Crippen molar-refractivity contribution in [1.82, 2.24) is 5.32 Å². The van der Waals surface area contributed by atoms with Gasteiger partial charge in [0, 0.05) is 25.6 Å². The lowest BCUT2D eigenvalue weighted by Crippen LogP contribution is -2.22. The van der Waals surface area contributed by atoms with Crippen molar-refractivity contribution < 1.29 is 14.7 Å². The smallest absolute Gasteiger partial charge is 0.216 e. The molecule has 0 aliphatic carbocycles. The molecule has 0 aliphatic heterocycles. The second-order valence-corrected chi connectivity index (χ2v) is 5.19. The number of nitrogens with one attached hydrogen (secondary N) is 1. The van der Waals surface area contributed by atoms with Crippen LogP contribution < -0.4 is 5.32 Å². The summed E-state index contributed by atoms with van der Waals surface area (Å²) in [6.45, 7) is 4.03. The molecule has 0 spiro atoms. The van der Waals surface area contributed by atoms with Crippen LogP contribution in [0, 0.1) is 0 Å². The molecular formula is C12H23NO3S. The fourth-order valence-electron chi connectivity index (χ4n) is 1.42. The number of rotatable bonds is 9. The molecule has 0 aliphatic rings. The van der Waals surface area contributed by atoms with Gasteiger partial charge in [-0.2, -0.15) is 0 Å². The zero-order valence-corrected chi connectivity index (χ0v) is 11.5. The van der Waals surface area contributed by atoms with Crippen LogP contribution >= 0.6 is 11.8 Å². The molecule has 0 radical (unpaired) electrons. The van der Waals surface area contributed by atoms with Crippen molar-refractivity contribution in [3.05, 3.63) is 0 Å². The van der Waals surface area contributed by atoms with Crippen LogP contribution in [0.15, 0.2) is 0 Å². The van der Waals surface area contributed by atoms with Gasteiger partial charge in [-0.3, -0.25) is 9.59 Å². The molecule has 100 valence electrons. The highest BCUT2D eigenvalue weighted by molar-refractivity contribution is 8.13. The number of amides is 1. The van der Waals surface area contributed by atoms with Crippen molar-refractivity contribution in [2.45, 2.75) is 52.1 Å². The van der Waals surface area contributed by atoms with Crippen LogP contribution in [0.3, 0.4) is 0 Å². The van der Waals surface area contributed by atoms with Gasteiger partial charge in [0.1, 0.15) is 0 Å². The topological polar surface area (TPSA) is 66.4 Å². The Bertz CT molecular complexity index is 234. The van der Waals surface area contributed by atoms with E-state index in [-0.39, 0.29) is 17.1 Å². The van der Waals surface area contributed by atoms with Gasteiger partial charge in [0.2, 0.25) is 5.91 Å². The van der Waals surface area contributed by atoms with E-state index < -0.39 is 0 Å². The monoisotopic (exact) mass is 261 g/mol. The molecule has 0 saturated heterocycles. The summed E-state index contributed by atoms with van der Waals surface area (Å²) in [5, 5.41) is 12.2. The molecule has 0 aromatic heterocycles.